The van der Waals surface area contributed by atoms with Crippen LogP contribution >= 0.6 is 12.2 Å². The average Bonchev–Trinajstić information content (AvgIpc) is 2.50. The van der Waals surface area contributed by atoms with Gasteiger partial charge in [-0.15, -0.1) is 0 Å². The summed E-state index contributed by atoms with van der Waals surface area (Å²) in [5.74, 6) is -0.313. The van der Waals surface area contributed by atoms with Gasteiger partial charge in [0.2, 0.25) is 4.77 Å². The molecule has 0 bridgehead atoms. The zero-order valence-corrected chi connectivity index (χ0v) is 7.88. The number of benzene rings is 1. The van der Waals surface area contributed by atoms with E-state index in [1.165, 1.54) is 12.1 Å². The highest BCUT2D eigenvalue weighted by atomic mass is 32.1. The standard InChI is InChI=1S/C9H7FN2OS/c10-7-3-1-6(2-4-7)8-5-11-9(14)12(8)13/h1-5,13H,(H,11,14). The minimum absolute atomic E-state index is 0.212. The van der Waals surface area contributed by atoms with Gasteiger partial charge >= 0.3 is 0 Å². The summed E-state index contributed by atoms with van der Waals surface area (Å²) in [7, 11) is 0. The summed E-state index contributed by atoms with van der Waals surface area (Å²) in [6.45, 7) is 0. The van der Waals surface area contributed by atoms with Crippen LogP contribution in [0.1, 0.15) is 0 Å². The molecule has 0 atom stereocenters. The lowest BCUT2D eigenvalue weighted by Gasteiger charge is -1.99. The number of aromatic nitrogens is 2. The van der Waals surface area contributed by atoms with Crippen molar-refractivity contribution in [2.75, 3.05) is 0 Å². The number of nitrogens with zero attached hydrogens (tertiary/aromatic N) is 1. The molecule has 72 valence electrons. The summed E-state index contributed by atoms with van der Waals surface area (Å²) in [5, 5.41) is 9.45. The van der Waals surface area contributed by atoms with Crippen LogP contribution in [-0.4, -0.2) is 14.9 Å². The third kappa shape index (κ3) is 1.42. The van der Waals surface area contributed by atoms with Crippen LogP contribution in [0.3, 0.4) is 0 Å². The van der Waals surface area contributed by atoms with Gasteiger partial charge in [-0.05, 0) is 36.5 Å². The van der Waals surface area contributed by atoms with Crippen LogP contribution in [0.15, 0.2) is 30.5 Å². The summed E-state index contributed by atoms with van der Waals surface area (Å²) in [4.78, 5) is 2.68. The molecule has 2 rings (SSSR count). The Bertz CT molecular complexity index is 500. The fraction of sp³-hybridized carbons (Fsp3) is 0. The molecule has 0 radical (unpaired) electrons. The van der Waals surface area contributed by atoms with E-state index >= 15 is 0 Å². The van der Waals surface area contributed by atoms with Crippen LogP contribution in [0, 0.1) is 10.6 Å². The number of aromatic amines is 1. The van der Waals surface area contributed by atoms with Gasteiger partial charge in [0.05, 0.1) is 0 Å². The van der Waals surface area contributed by atoms with E-state index in [1.54, 1.807) is 18.3 Å². The lowest BCUT2D eigenvalue weighted by Crippen LogP contribution is -1.92. The van der Waals surface area contributed by atoms with E-state index in [9.17, 15) is 9.60 Å². The van der Waals surface area contributed by atoms with E-state index in [1.807, 2.05) is 0 Å². The van der Waals surface area contributed by atoms with Crippen molar-refractivity contribution in [2.45, 2.75) is 0 Å². The van der Waals surface area contributed by atoms with Crippen LogP contribution in [0.2, 0.25) is 0 Å². The van der Waals surface area contributed by atoms with Gasteiger partial charge in [0, 0.05) is 11.8 Å². The van der Waals surface area contributed by atoms with Gasteiger partial charge in [0.25, 0.3) is 0 Å². The molecule has 14 heavy (non-hydrogen) atoms. The molecule has 0 aliphatic rings. The zero-order chi connectivity index (χ0) is 10.1. The quantitative estimate of drug-likeness (QED) is 0.561. The van der Waals surface area contributed by atoms with Crippen molar-refractivity contribution in [3.05, 3.63) is 41.1 Å². The third-order valence-electron chi connectivity index (χ3n) is 1.89. The smallest absolute Gasteiger partial charge is 0.212 e. The van der Waals surface area contributed by atoms with Gasteiger partial charge in [0.15, 0.2) is 0 Å². The Morgan fingerprint density at radius 3 is 2.43 bits per heavy atom. The second kappa shape index (κ2) is 3.26. The van der Waals surface area contributed by atoms with Crippen molar-refractivity contribution in [1.82, 2.24) is 9.71 Å². The SMILES string of the molecule is On1c(-c2ccc(F)cc2)c[nH]c1=S. The van der Waals surface area contributed by atoms with Gasteiger partial charge in [-0.2, -0.15) is 4.73 Å². The zero-order valence-electron chi connectivity index (χ0n) is 7.07. The van der Waals surface area contributed by atoms with E-state index in [0.717, 1.165) is 4.73 Å². The van der Waals surface area contributed by atoms with Crippen molar-refractivity contribution >= 4 is 12.2 Å². The predicted octanol–water partition coefficient (Wildman–Crippen LogP) is 2.59. The maximum Gasteiger partial charge on any atom is 0.212 e. The summed E-state index contributed by atoms with van der Waals surface area (Å²) >= 11 is 4.78. The summed E-state index contributed by atoms with van der Waals surface area (Å²) in [6, 6.07) is 5.79. The Hall–Kier alpha value is -1.62. The van der Waals surface area contributed by atoms with E-state index in [0.29, 0.717) is 11.3 Å². The maximum atomic E-state index is 12.6. The first-order chi connectivity index (χ1) is 6.68. The molecule has 0 saturated carbocycles. The molecule has 1 aromatic carbocycles. The number of hydrogen-bond acceptors (Lipinski definition) is 2. The van der Waals surface area contributed by atoms with Gasteiger partial charge in [0.1, 0.15) is 11.5 Å². The number of nitrogens with one attached hydrogen (secondary N) is 1. The van der Waals surface area contributed by atoms with Crippen molar-refractivity contribution in [3.63, 3.8) is 0 Å². The fourth-order valence-electron chi connectivity index (χ4n) is 1.19. The maximum absolute atomic E-state index is 12.6. The highest BCUT2D eigenvalue weighted by molar-refractivity contribution is 7.71. The van der Waals surface area contributed by atoms with Crippen LogP contribution in [0.4, 0.5) is 4.39 Å². The molecular formula is C9H7FN2OS. The fourth-order valence-corrected chi connectivity index (χ4v) is 1.35. The van der Waals surface area contributed by atoms with Gasteiger partial charge in [-0.1, -0.05) is 0 Å². The number of rotatable bonds is 1. The van der Waals surface area contributed by atoms with Crippen LogP contribution in [0.5, 0.6) is 0 Å². The number of imidazole rings is 1. The first kappa shape index (κ1) is 8.96. The molecule has 3 nitrogen and oxygen atoms in total. The van der Waals surface area contributed by atoms with Crippen LogP contribution in [0.25, 0.3) is 11.3 Å². The highest BCUT2D eigenvalue weighted by Gasteiger charge is 2.04. The first-order valence-electron chi connectivity index (χ1n) is 3.94. The summed E-state index contributed by atoms with van der Waals surface area (Å²) in [5.41, 5.74) is 1.20. The Morgan fingerprint density at radius 2 is 1.93 bits per heavy atom. The van der Waals surface area contributed by atoms with Crippen LogP contribution < -0.4 is 0 Å². The molecule has 5 heteroatoms. The predicted molar refractivity (Wildman–Crippen MR) is 52.2 cm³/mol. The molecule has 2 N–H and O–H groups in total. The van der Waals surface area contributed by atoms with E-state index in [2.05, 4.69) is 4.98 Å². The second-order valence-corrected chi connectivity index (χ2v) is 3.18. The van der Waals surface area contributed by atoms with Crippen molar-refractivity contribution in [1.29, 1.82) is 0 Å². The molecule has 0 unspecified atom stereocenters. The van der Waals surface area contributed by atoms with Gasteiger partial charge < -0.3 is 10.2 Å². The Balaban J connectivity index is 2.55. The highest BCUT2D eigenvalue weighted by Crippen LogP contribution is 2.18. The minimum atomic E-state index is -0.313. The monoisotopic (exact) mass is 210 g/mol. The Kier molecular flexibility index (Phi) is 2.09. The van der Waals surface area contributed by atoms with Gasteiger partial charge in [-0.3, -0.25) is 0 Å². The van der Waals surface area contributed by atoms with Crippen molar-refractivity contribution in [3.8, 4) is 11.3 Å². The molecule has 0 spiro atoms. The topological polar surface area (TPSA) is 41.0 Å². The molecule has 1 heterocycles. The molecule has 0 fully saturated rings. The van der Waals surface area contributed by atoms with Crippen molar-refractivity contribution < 1.29 is 9.60 Å². The molecule has 0 aliphatic heterocycles. The molecule has 0 saturated heterocycles. The summed E-state index contributed by atoms with van der Waals surface area (Å²) < 4.78 is 13.7. The van der Waals surface area contributed by atoms with E-state index < -0.39 is 0 Å². The normalized spacial score (nSPS) is 10.4. The molecule has 0 aliphatic carbocycles. The molecular weight excluding hydrogens is 203 g/mol. The number of halogens is 1. The largest absolute Gasteiger partial charge is 0.426 e. The Labute approximate surface area is 84.4 Å². The lowest BCUT2D eigenvalue weighted by atomic mass is 10.2. The summed E-state index contributed by atoms with van der Waals surface area (Å²) in [6.07, 6.45) is 1.57. The number of hydrogen-bond donors (Lipinski definition) is 2. The second-order valence-electron chi connectivity index (χ2n) is 2.80. The minimum Gasteiger partial charge on any atom is -0.426 e. The first-order valence-corrected chi connectivity index (χ1v) is 4.35. The average molecular weight is 210 g/mol. The molecule has 0 amide bonds. The van der Waals surface area contributed by atoms with E-state index in [-0.39, 0.29) is 10.6 Å². The lowest BCUT2D eigenvalue weighted by molar-refractivity contribution is 0.186. The molecule has 2 aromatic rings. The third-order valence-corrected chi connectivity index (χ3v) is 2.18. The number of H-pyrrole nitrogens is 1. The van der Waals surface area contributed by atoms with Gasteiger partial charge in [-0.25, -0.2) is 4.39 Å². The molecule has 1 aromatic heterocycles. The van der Waals surface area contributed by atoms with E-state index in [4.69, 9.17) is 12.2 Å². The van der Waals surface area contributed by atoms with Crippen LogP contribution in [-0.2, 0) is 0 Å². The Morgan fingerprint density at radius 1 is 1.29 bits per heavy atom. The van der Waals surface area contributed by atoms with Crippen molar-refractivity contribution in [2.24, 2.45) is 0 Å².